The van der Waals surface area contributed by atoms with E-state index >= 15 is 0 Å². The van der Waals surface area contributed by atoms with E-state index in [9.17, 15) is 14.0 Å². The first kappa shape index (κ1) is 19.9. The van der Waals surface area contributed by atoms with Gasteiger partial charge in [-0.05, 0) is 62.1 Å². The van der Waals surface area contributed by atoms with Crippen molar-refractivity contribution in [3.05, 3.63) is 35.8 Å². The second-order valence-corrected chi connectivity index (χ2v) is 10.1. The monoisotopic (exact) mass is 436 g/mol. The summed E-state index contributed by atoms with van der Waals surface area (Å²) in [6.45, 7) is 4.00. The van der Waals surface area contributed by atoms with Gasteiger partial charge in [0.2, 0.25) is 5.91 Å². The fourth-order valence-corrected chi connectivity index (χ4v) is 5.42. The molecule has 0 atom stereocenters. The van der Waals surface area contributed by atoms with Crippen LogP contribution in [0.15, 0.2) is 24.4 Å². The van der Waals surface area contributed by atoms with E-state index in [-0.39, 0.29) is 23.5 Å². The largest absolute Gasteiger partial charge is 0.370 e. The van der Waals surface area contributed by atoms with Crippen LogP contribution in [0.2, 0.25) is 0 Å². The van der Waals surface area contributed by atoms with E-state index in [1.54, 1.807) is 12.3 Å². The molecule has 6 rings (SSSR count). The van der Waals surface area contributed by atoms with E-state index in [0.717, 1.165) is 44.5 Å². The number of aromatic nitrogens is 1. The molecule has 2 aromatic rings. The maximum absolute atomic E-state index is 14.2. The van der Waals surface area contributed by atoms with Crippen LogP contribution in [0.5, 0.6) is 0 Å². The highest BCUT2D eigenvalue weighted by atomic mass is 19.1. The van der Waals surface area contributed by atoms with Gasteiger partial charge in [-0.1, -0.05) is 0 Å². The van der Waals surface area contributed by atoms with Gasteiger partial charge in [-0.2, -0.15) is 0 Å². The van der Waals surface area contributed by atoms with Crippen LogP contribution in [0.3, 0.4) is 0 Å². The Morgan fingerprint density at radius 1 is 0.938 bits per heavy atom. The Kier molecular flexibility index (Phi) is 4.63. The zero-order valence-corrected chi connectivity index (χ0v) is 18.4. The van der Waals surface area contributed by atoms with Gasteiger partial charge in [0, 0.05) is 56.8 Å². The molecule has 2 saturated carbocycles. The minimum atomic E-state index is -0.312. The van der Waals surface area contributed by atoms with Gasteiger partial charge in [0.15, 0.2) is 0 Å². The molecule has 1 spiro atoms. The third kappa shape index (κ3) is 3.51. The molecule has 4 fully saturated rings. The maximum Gasteiger partial charge on any atom is 0.257 e. The number of benzene rings is 1. The van der Waals surface area contributed by atoms with Gasteiger partial charge in [-0.15, -0.1) is 0 Å². The lowest BCUT2D eigenvalue weighted by atomic mass is 9.92. The highest BCUT2D eigenvalue weighted by Crippen LogP contribution is 2.54. The average Bonchev–Trinajstić information content (AvgIpc) is 3.75. The number of halogens is 1. The van der Waals surface area contributed by atoms with Crippen molar-refractivity contribution in [2.75, 3.05) is 44.2 Å². The number of amides is 2. The molecule has 168 valence electrons. The number of carbonyl (C=O) groups is 2. The number of rotatable bonds is 3. The van der Waals surface area contributed by atoms with Crippen LogP contribution < -0.4 is 4.90 Å². The van der Waals surface area contributed by atoms with Crippen molar-refractivity contribution in [3.63, 3.8) is 0 Å². The average molecular weight is 437 g/mol. The molecule has 4 aliphatic rings. The summed E-state index contributed by atoms with van der Waals surface area (Å²) in [5, 5.41) is 0.713. The molecule has 0 N–H and O–H groups in total. The van der Waals surface area contributed by atoms with Crippen LogP contribution in [-0.2, 0) is 4.79 Å². The Hall–Kier alpha value is -2.70. The van der Waals surface area contributed by atoms with E-state index in [0.29, 0.717) is 48.1 Å². The Balaban J connectivity index is 1.29. The molecule has 1 aromatic heterocycles. The van der Waals surface area contributed by atoms with Gasteiger partial charge in [0.05, 0.1) is 16.8 Å². The number of hydrogen-bond acceptors (Lipinski definition) is 4. The molecule has 0 bridgehead atoms. The van der Waals surface area contributed by atoms with Gasteiger partial charge in [0.25, 0.3) is 5.91 Å². The molecule has 7 heteroatoms. The second kappa shape index (κ2) is 7.42. The fraction of sp³-hybridized carbons (Fsp3) is 0.560. The lowest BCUT2D eigenvalue weighted by Crippen LogP contribution is -2.51. The number of piperidine rings is 1. The maximum atomic E-state index is 14.2. The van der Waals surface area contributed by atoms with Crippen LogP contribution in [0.25, 0.3) is 10.9 Å². The van der Waals surface area contributed by atoms with Gasteiger partial charge >= 0.3 is 0 Å². The lowest BCUT2D eigenvalue weighted by molar-refractivity contribution is -0.134. The number of fused-ring (bicyclic) bond motifs is 1. The second-order valence-electron chi connectivity index (χ2n) is 10.1. The van der Waals surface area contributed by atoms with Crippen LogP contribution >= 0.6 is 0 Å². The molecule has 0 unspecified atom stereocenters. The minimum Gasteiger partial charge on any atom is -0.370 e. The highest BCUT2D eigenvalue weighted by molar-refractivity contribution is 6.07. The van der Waals surface area contributed by atoms with E-state index in [2.05, 4.69) is 9.88 Å². The SMILES string of the molecule is O=C(c1cnc2ccc(F)cc2c1N1CCC2(CC1)CC2)N1CCN(C(=O)C2CC2)CC1. The van der Waals surface area contributed by atoms with E-state index in [1.165, 1.54) is 25.0 Å². The first-order valence-corrected chi connectivity index (χ1v) is 11.9. The molecule has 6 nitrogen and oxygen atoms in total. The van der Waals surface area contributed by atoms with Crippen molar-refractivity contribution in [1.29, 1.82) is 0 Å². The smallest absolute Gasteiger partial charge is 0.257 e. The molecular weight excluding hydrogens is 407 g/mol. The molecule has 2 saturated heterocycles. The van der Waals surface area contributed by atoms with E-state index in [1.807, 2.05) is 9.80 Å². The summed E-state index contributed by atoms with van der Waals surface area (Å²) in [5.41, 5.74) is 2.60. The van der Waals surface area contributed by atoms with Crippen LogP contribution in [-0.4, -0.2) is 65.9 Å². The number of pyridine rings is 1. The van der Waals surface area contributed by atoms with E-state index in [4.69, 9.17) is 0 Å². The lowest BCUT2D eigenvalue weighted by Gasteiger charge is -2.38. The fourth-order valence-electron chi connectivity index (χ4n) is 5.42. The van der Waals surface area contributed by atoms with Crippen molar-refractivity contribution in [3.8, 4) is 0 Å². The van der Waals surface area contributed by atoms with Gasteiger partial charge < -0.3 is 14.7 Å². The zero-order valence-electron chi connectivity index (χ0n) is 18.4. The predicted octanol–water partition coefficient (Wildman–Crippen LogP) is 3.45. The summed E-state index contributed by atoms with van der Waals surface area (Å²) >= 11 is 0. The minimum absolute atomic E-state index is 0.0658. The molecule has 32 heavy (non-hydrogen) atoms. The highest BCUT2D eigenvalue weighted by Gasteiger charge is 2.45. The van der Waals surface area contributed by atoms with Crippen molar-refractivity contribution in [2.45, 2.75) is 38.5 Å². The zero-order chi connectivity index (χ0) is 21.9. The summed E-state index contributed by atoms with van der Waals surface area (Å²) in [7, 11) is 0. The van der Waals surface area contributed by atoms with E-state index < -0.39 is 0 Å². The number of piperazine rings is 1. The molecule has 0 radical (unpaired) electrons. The normalized spacial score (nSPS) is 22.5. The number of carbonyl (C=O) groups excluding carboxylic acids is 2. The van der Waals surface area contributed by atoms with Crippen molar-refractivity contribution < 1.29 is 14.0 Å². The number of anilines is 1. The molecule has 1 aromatic carbocycles. The molecule has 2 aliphatic carbocycles. The van der Waals surface area contributed by atoms with Gasteiger partial charge in [-0.25, -0.2) is 4.39 Å². The molecule has 2 aliphatic heterocycles. The first-order chi connectivity index (χ1) is 15.5. The quantitative estimate of drug-likeness (QED) is 0.740. The number of hydrogen-bond donors (Lipinski definition) is 0. The molecule has 2 amide bonds. The summed E-state index contributed by atoms with van der Waals surface area (Å²) in [6.07, 6.45) is 8.53. The van der Waals surface area contributed by atoms with Gasteiger partial charge in [-0.3, -0.25) is 14.6 Å². The van der Waals surface area contributed by atoms with Crippen LogP contribution in [0, 0.1) is 17.2 Å². The summed E-state index contributed by atoms with van der Waals surface area (Å²) in [4.78, 5) is 36.5. The topological polar surface area (TPSA) is 56.8 Å². The first-order valence-electron chi connectivity index (χ1n) is 11.9. The van der Waals surface area contributed by atoms with Crippen LogP contribution in [0.4, 0.5) is 10.1 Å². The Morgan fingerprint density at radius 3 is 2.28 bits per heavy atom. The molecular formula is C25H29FN4O2. The van der Waals surface area contributed by atoms with Gasteiger partial charge in [0.1, 0.15) is 5.82 Å². The summed E-state index contributed by atoms with van der Waals surface area (Å²) < 4.78 is 14.2. The number of nitrogens with zero attached hydrogens (tertiary/aromatic N) is 4. The standard InChI is InChI=1S/C25H29FN4O2/c26-18-3-4-21-19(15-18)22(28-9-7-25(5-6-25)8-10-28)20(16-27-21)24(32)30-13-11-29(12-14-30)23(31)17-1-2-17/h3-4,15-17H,1-2,5-14H2. The Labute approximate surface area is 187 Å². The van der Waals surface area contributed by atoms with Crippen molar-refractivity contribution in [1.82, 2.24) is 14.8 Å². The Morgan fingerprint density at radius 2 is 1.62 bits per heavy atom. The van der Waals surface area contributed by atoms with Crippen molar-refractivity contribution >= 4 is 28.4 Å². The summed E-state index contributed by atoms with van der Waals surface area (Å²) in [6, 6.07) is 4.63. The summed E-state index contributed by atoms with van der Waals surface area (Å²) in [5.74, 6) is 0.0668. The third-order valence-electron chi connectivity index (χ3n) is 7.93. The van der Waals surface area contributed by atoms with Crippen molar-refractivity contribution in [2.24, 2.45) is 11.3 Å². The third-order valence-corrected chi connectivity index (χ3v) is 7.93. The molecule has 3 heterocycles. The predicted molar refractivity (Wildman–Crippen MR) is 120 cm³/mol. The van der Waals surface area contributed by atoms with Crippen LogP contribution in [0.1, 0.15) is 48.9 Å². The Bertz CT molecular complexity index is 1080.